The molecule has 1 N–H and O–H groups in total. The van der Waals surface area contributed by atoms with E-state index in [2.05, 4.69) is 5.32 Å². The fourth-order valence-corrected chi connectivity index (χ4v) is 3.57. The molecule has 1 saturated heterocycles. The van der Waals surface area contributed by atoms with Gasteiger partial charge in [0.15, 0.2) is 0 Å². The first-order valence-electron chi connectivity index (χ1n) is 8.59. The Morgan fingerprint density at radius 2 is 1.79 bits per heavy atom. The Balaban J connectivity index is 1.86. The molecule has 0 radical (unpaired) electrons. The fraction of sp³-hybridized carbons (Fsp3) is 0.0952. The van der Waals surface area contributed by atoms with Crippen LogP contribution in [0.2, 0.25) is 5.02 Å². The van der Waals surface area contributed by atoms with Crippen LogP contribution in [0, 0.1) is 6.92 Å². The van der Waals surface area contributed by atoms with E-state index in [4.69, 9.17) is 11.6 Å². The number of aromatic nitrogens is 1. The monoisotopic (exact) mass is 393 g/mol. The summed E-state index contributed by atoms with van der Waals surface area (Å²) < 4.78 is 1.99. The fourth-order valence-electron chi connectivity index (χ4n) is 3.38. The average molecular weight is 394 g/mol. The summed E-state index contributed by atoms with van der Waals surface area (Å²) in [5.41, 5.74) is 2.83. The highest BCUT2D eigenvalue weighted by Gasteiger charge is 2.37. The molecule has 140 valence electrons. The number of hydrogen-bond donors (Lipinski definition) is 1. The van der Waals surface area contributed by atoms with E-state index in [1.165, 1.54) is 6.07 Å². The van der Waals surface area contributed by atoms with Gasteiger partial charge in [-0.25, -0.2) is 9.69 Å². The van der Waals surface area contributed by atoms with Crippen molar-refractivity contribution in [1.82, 2.24) is 9.88 Å². The lowest BCUT2D eigenvalue weighted by Crippen LogP contribution is -2.54. The predicted molar refractivity (Wildman–Crippen MR) is 108 cm³/mol. The van der Waals surface area contributed by atoms with Gasteiger partial charge in [-0.1, -0.05) is 35.9 Å². The molecule has 0 spiro atoms. The molecule has 6 nitrogen and oxygen atoms in total. The van der Waals surface area contributed by atoms with E-state index in [1.807, 2.05) is 42.8 Å². The number of nitrogens with zero attached hydrogens (tertiary/aromatic N) is 2. The molecule has 7 heteroatoms. The van der Waals surface area contributed by atoms with Gasteiger partial charge in [-0.2, -0.15) is 0 Å². The molecular weight excluding hydrogens is 378 g/mol. The molecule has 0 atom stereocenters. The predicted octanol–water partition coefficient (Wildman–Crippen LogP) is 3.81. The van der Waals surface area contributed by atoms with Gasteiger partial charge >= 0.3 is 6.03 Å². The summed E-state index contributed by atoms with van der Waals surface area (Å²) >= 11 is 5.99. The van der Waals surface area contributed by atoms with Crippen LogP contribution < -0.4 is 10.2 Å². The van der Waals surface area contributed by atoms with Crippen molar-refractivity contribution in [3.63, 3.8) is 0 Å². The quantitative estimate of drug-likeness (QED) is 0.531. The summed E-state index contributed by atoms with van der Waals surface area (Å²) in [7, 11) is 1.92. The van der Waals surface area contributed by atoms with E-state index >= 15 is 0 Å². The van der Waals surface area contributed by atoms with Crippen LogP contribution in [-0.2, 0) is 16.6 Å². The lowest BCUT2D eigenvalue weighted by Gasteiger charge is -2.26. The van der Waals surface area contributed by atoms with Crippen molar-refractivity contribution < 1.29 is 14.4 Å². The van der Waals surface area contributed by atoms with Gasteiger partial charge in [0.05, 0.1) is 5.69 Å². The van der Waals surface area contributed by atoms with Crippen LogP contribution in [0.25, 0.3) is 17.0 Å². The molecule has 1 aliphatic rings. The zero-order valence-corrected chi connectivity index (χ0v) is 15.9. The first-order chi connectivity index (χ1) is 13.4. The minimum Gasteiger partial charge on any atom is -0.347 e. The topological polar surface area (TPSA) is 71.4 Å². The van der Waals surface area contributed by atoms with Gasteiger partial charge in [0.25, 0.3) is 11.8 Å². The Bertz CT molecular complexity index is 1190. The molecule has 0 bridgehead atoms. The normalized spacial score (nSPS) is 16.2. The van der Waals surface area contributed by atoms with Gasteiger partial charge < -0.3 is 4.57 Å². The van der Waals surface area contributed by atoms with Crippen LogP contribution >= 0.6 is 11.6 Å². The number of carbonyl (C=O) groups excluding carboxylic acids is 3. The number of rotatable bonds is 2. The number of amides is 4. The van der Waals surface area contributed by atoms with Gasteiger partial charge in [0.2, 0.25) is 0 Å². The maximum absolute atomic E-state index is 13.0. The van der Waals surface area contributed by atoms with E-state index in [1.54, 1.807) is 24.3 Å². The number of urea groups is 1. The van der Waals surface area contributed by atoms with E-state index < -0.39 is 17.8 Å². The van der Waals surface area contributed by atoms with Crippen LogP contribution in [0.1, 0.15) is 11.3 Å². The molecule has 3 aromatic rings. The molecule has 0 unspecified atom stereocenters. The number of barbiturate groups is 1. The van der Waals surface area contributed by atoms with Gasteiger partial charge in [0.1, 0.15) is 5.57 Å². The third-order valence-electron chi connectivity index (χ3n) is 4.91. The van der Waals surface area contributed by atoms with Gasteiger partial charge in [-0.05, 0) is 37.3 Å². The number of hydrogen-bond acceptors (Lipinski definition) is 3. The molecule has 0 saturated carbocycles. The number of benzene rings is 2. The highest BCUT2D eigenvalue weighted by Crippen LogP contribution is 2.29. The van der Waals surface area contributed by atoms with E-state index in [9.17, 15) is 14.4 Å². The average Bonchev–Trinajstić information content (AvgIpc) is 2.90. The first kappa shape index (κ1) is 18.0. The second-order valence-electron chi connectivity index (χ2n) is 6.51. The third-order valence-corrected chi connectivity index (χ3v) is 5.14. The summed E-state index contributed by atoms with van der Waals surface area (Å²) in [6.07, 6.45) is 1.54. The lowest BCUT2D eigenvalue weighted by molar-refractivity contribution is -0.122. The van der Waals surface area contributed by atoms with Gasteiger partial charge in [-0.3, -0.25) is 14.9 Å². The Morgan fingerprint density at radius 3 is 2.54 bits per heavy atom. The molecule has 28 heavy (non-hydrogen) atoms. The summed E-state index contributed by atoms with van der Waals surface area (Å²) in [6, 6.07) is 13.3. The molecule has 0 aliphatic carbocycles. The van der Waals surface area contributed by atoms with Crippen molar-refractivity contribution in [2.75, 3.05) is 4.90 Å². The number of nitrogens with one attached hydrogen (secondary N) is 1. The first-order valence-corrected chi connectivity index (χ1v) is 8.97. The molecule has 4 amide bonds. The molecule has 2 heterocycles. The Morgan fingerprint density at radius 1 is 1.04 bits per heavy atom. The Kier molecular flexibility index (Phi) is 4.28. The van der Waals surface area contributed by atoms with Crippen molar-refractivity contribution in [3.8, 4) is 0 Å². The maximum atomic E-state index is 13.0. The maximum Gasteiger partial charge on any atom is 0.335 e. The second-order valence-corrected chi connectivity index (χ2v) is 6.95. The number of para-hydroxylation sites is 1. The number of fused-ring (bicyclic) bond motifs is 1. The third kappa shape index (κ3) is 2.78. The van der Waals surface area contributed by atoms with E-state index in [0.29, 0.717) is 10.7 Å². The van der Waals surface area contributed by atoms with Gasteiger partial charge in [0, 0.05) is 34.2 Å². The van der Waals surface area contributed by atoms with Gasteiger partial charge in [-0.15, -0.1) is 0 Å². The minimum absolute atomic E-state index is 0.112. The molecule has 1 aliphatic heterocycles. The SMILES string of the molecule is Cc1c(/C=C2/C(=O)NC(=O)N(c3cccc(Cl)c3)C2=O)c2ccccc2n1C. The number of anilines is 1. The van der Waals surface area contributed by atoms with E-state index in [-0.39, 0.29) is 5.57 Å². The van der Waals surface area contributed by atoms with Crippen LogP contribution in [0.15, 0.2) is 54.1 Å². The van der Waals surface area contributed by atoms with Crippen LogP contribution in [0.5, 0.6) is 0 Å². The molecule has 4 rings (SSSR count). The highest BCUT2D eigenvalue weighted by atomic mass is 35.5. The second kappa shape index (κ2) is 6.65. The summed E-state index contributed by atoms with van der Waals surface area (Å²) in [6.45, 7) is 1.91. The highest BCUT2D eigenvalue weighted by molar-refractivity contribution is 6.39. The number of imide groups is 2. The summed E-state index contributed by atoms with van der Waals surface area (Å²) in [5.74, 6) is -1.41. The van der Waals surface area contributed by atoms with Crippen LogP contribution in [0.4, 0.5) is 10.5 Å². The number of aryl methyl sites for hydroxylation is 1. The number of carbonyl (C=O) groups is 3. The zero-order chi connectivity index (χ0) is 20.0. The van der Waals surface area contributed by atoms with Crippen molar-refractivity contribution in [1.29, 1.82) is 0 Å². The van der Waals surface area contributed by atoms with Crippen molar-refractivity contribution in [3.05, 3.63) is 70.4 Å². The molecule has 1 fully saturated rings. The smallest absolute Gasteiger partial charge is 0.335 e. The van der Waals surface area contributed by atoms with E-state index in [0.717, 1.165) is 27.1 Å². The summed E-state index contributed by atoms with van der Waals surface area (Å²) in [5, 5.41) is 3.53. The Labute approximate surface area is 166 Å². The molecule has 1 aromatic heterocycles. The molecule has 2 aromatic carbocycles. The zero-order valence-electron chi connectivity index (χ0n) is 15.2. The van der Waals surface area contributed by atoms with Crippen LogP contribution in [0.3, 0.4) is 0 Å². The Hall–Kier alpha value is -3.38. The standard InChI is InChI=1S/C21H16ClN3O3/c1-12-16(15-8-3-4-9-18(15)24(12)2)11-17-19(26)23-21(28)25(20(17)27)14-7-5-6-13(22)10-14/h3-11H,1-2H3,(H,23,26,28)/b17-11-. The van der Waals surface area contributed by atoms with Crippen molar-refractivity contribution in [2.24, 2.45) is 7.05 Å². The lowest BCUT2D eigenvalue weighted by atomic mass is 10.0. The largest absolute Gasteiger partial charge is 0.347 e. The summed E-state index contributed by atoms with van der Waals surface area (Å²) in [4.78, 5) is 38.7. The molecular formula is C21H16ClN3O3. The number of halogens is 1. The van der Waals surface area contributed by atoms with Crippen LogP contribution in [-0.4, -0.2) is 22.4 Å². The van der Waals surface area contributed by atoms with Crippen molar-refractivity contribution in [2.45, 2.75) is 6.92 Å². The minimum atomic E-state index is -0.802. The van der Waals surface area contributed by atoms with Crippen molar-refractivity contribution >= 4 is 52.1 Å².